The van der Waals surface area contributed by atoms with E-state index in [1.165, 1.54) is 0 Å². The van der Waals surface area contributed by atoms with Crippen molar-refractivity contribution in [2.75, 3.05) is 0 Å². The van der Waals surface area contributed by atoms with Gasteiger partial charge in [-0.05, 0) is 36.0 Å². The minimum atomic E-state index is -1.41. The van der Waals surface area contributed by atoms with E-state index >= 15 is 0 Å². The van der Waals surface area contributed by atoms with Crippen LogP contribution in [-0.4, -0.2) is 16.9 Å². The van der Waals surface area contributed by atoms with Crippen LogP contribution in [0.3, 0.4) is 0 Å². The monoisotopic (exact) mass is 336 g/mol. The number of ketones is 1. The first-order valence-corrected chi connectivity index (χ1v) is 8.71. The maximum atomic E-state index is 12.7. The number of carboxylic acids is 1. The molecule has 0 spiro atoms. The topological polar surface area (TPSA) is 54.4 Å². The van der Waals surface area contributed by atoms with E-state index in [9.17, 15) is 14.7 Å². The summed E-state index contributed by atoms with van der Waals surface area (Å²) >= 11 is 0. The van der Waals surface area contributed by atoms with Gasteiger partial charge >= 0.3 is 5.97 Å². The van der Waals surface area contributed by atoms with Crippen LogP contribution in [-0.2, 0) is 15.0 Å². The molecule has 0 amide bonds. The Kier molecular flexibility index (Phi) is 4.28. The molecule has 3 atom stereocenters. The van der Waals surface area contributed by atoms with Crippen LogP contribution in [0.25, 0.3) is 11.1 Å². The van der Waals surface area contributed by atoms with Crippen LogP contribution in [0.1, 0.15) is 39.2 Å². The molecule has 2 aromatic carbocycles. The lowest BCUT2D eigenvalue weighted by atomic mass is 9.52. The molecular formula is C22H24O3. The standard InChI is InChI=1S/C22H24O3/c1-15-12-19(23)22(3,20(24)25)21(2,14-15)18-11-7-10-17(13-18)16-8-5-4-6-9-16/h4-11,13,15H,12,14H2,1-3H3,(H,24,25). The van der Waals surface area contributed by atoms with Gasteiger partial charge in [-0.15, -0.1) is 0 Å². The van der Waals surface area contributed by atoms with Crippen molar-refractivity contribution in [3.8, 4) is 11.1 Å². The molecule has 0 heterocycles. The van der Waals surface area contributed by atoms with Gasteiger partial charge in [0.1, 0.15) is 5.41 Å². The summed E-state index contributed by atoms with van der Waals surface area (Å²) in [6, 6.07) is 18.0. The van der Waals surface area contributed by atoms with Gasteiger partial charge in [-0.1, -0.05) is 68.4 Å². The molecule has 0 aliphatic heterocycles. The molecule has 3 heteroatoms. The molecule has 130 valence electrons. The van der Waals surface area contributed by atoms with Gasteiger partial charge in [-0.2, -0.15) is 0 Å². The van der Waals surface area contributed by atoms with E-state index in [2.05, 4.69) is 0 Å². The van der Waals surface area contributed by atoms with E-state index in [-0.39, 0.29) is 11.7 Å². The number of hydrogen-bond acceptors (Lipinski definition) is 2. The number of Topliss-reactive ketones (excluding diaryl/α,β-unsaturated/α-hetero) is 1. The zero-order valence-corrected chi connectivity index (χ0v) is 15.0. The Bertz CT molecular complexity index is 811. The fourth-order valence-electron chi connectivity index (χ4n) is 4.24. The third-order valence-electron chi connectivity index (χ3n) is 5.99. The summed E-state index contributed by atoms with van der Waals surface area (Å²) in [4.78, 5) is 24.8. The van der Waals surface area contributed by atoms with Crippen LogP contribution in [0, 0.1) is 11.3 Å². The van der Waals surface area contributed by atoms with E-state index in [1.807, 2.05) is 68.4 Å². The fraction of sp³-hybridized carbons (Fsp3) is 0.364. The molecule has 0 saturated heterocycles. The first-order valence-electron chi connectivity index (χ1n) is 8.71. The van der Waals surface area contributed by atoms with Gasteiger partial charge in [0, 0.05) is 11.8 Å². The Labute approximate surface area is 148 Å². The smallest absolute Gasteiger partial charge is 0.317 e. The fourth-order valence-corrected chi connectivity index (χ4v) is 4.24. The zero-order chi connectivity index (χ0) is 18.2. The maximum Gasteiger partial charge on any atom is 0.317 e. The molecule has 1 saturated carbocycles. The molecule has 25 heavy (non-hydrogen) atoms. The summed E-state index contributed by atoms with van der Waals surface area (Å²) in [6.07, 6.45) is 1.01. The highest BCUT2D eigenvalue weighted by molar-refractivity contribution is 6.05. The van der Waals surface area contributed by atoms with Crippen molar-refractivity contribution in [3.05, 3.63) is 60.2 Å². The molecule has 3 rings (SSSR count). The van der Waals surface area contributed by atoms with Crippen molar-refractivity contribution in [3.63, 3.8) is 0 Å². The van der Waals surface area contributed by atoms with E-state index in [0.717, 1.165) is 16.7 Å². The number of carboxylic acid groups (broad SMARTS) is 1. The lowest BCUT2D eigenvalue weighted by Gasteiger charge is -2.48. The zero-order valence-electron chi connectivity index (χ0n) is 15.0. The molecule has 1 N–H and O–H groups in total. The van der Waals surface area contributed by atoms with E-state index in [1.54, 1.807) is 6.92 Å². The Morgan fingerprint density at radius 2 is 1.68 bits per heavy atom. The average molecular weight is 336 g/mol. The highest BCUT2D eigenvalue weighted by Crippen LogP contribution is 2.52. The quantitative estimate of drug-likeness (QED) is 0.827. The van der Waals surface area contributed by atoms with Crippen molar-refractivity contribution < 1.29 is 14.7 Å². The summed E-state index contributed by atoms with van der Waals surface area (Å²) in [5.41, 5.74) is 0.893. The second-order valence-electron chi connectivity index (χ2n) is 7.65. The van der Waals surface area contributed by atoms with Crippen LogP contribution >= 0.6 is 0 Å². The molecule has 3 unspecified atom stereocenters. The van der Waals surface area contributed by atoms with Crippen LogP contribution in [0.5, 0.6) is 0 Å². The maximum absolute atomic E-state index is 12.7. The third kappa shape index (κ3) is 2.68. The summed E-state index contributed by atoms with van der Waals surface area (Å²) in [6.45, 7) is 5.55. The van der Waals surface area contributed by atoms with Crippen molar-refractivity contribution in [2.24, 2.45) is 11.3 Å². The van der Waals surface area contributed by atoms with Gasteiger partial charge in [0.2, 0.25) is 0 Å². The Morgan fingerprint density at radius 3 is 2.32 bits per heavy atom. The van der Waals surface area contributed by atoms with Gasteiger partial charge in [0.05, 0.1) is 0 Å². The molecule has 0 radical (unpaired) electrons. The Morgan fingerprint density at radius 1 is 1.04 bits per heavy atom. The van der Waals surface area contributed by atoms with Crippen molar-refractivity contribution in [1.82, 2.24) is 0 Å². The molecule has 0 aromatic heterocycles. The predicted octanol–water partition coefficient (Wildman–Crippen LogP) is 4.70. The lowest BCUT2D eigenvalue weighted by molar-refractivity contribution is -0.162. The van der Waals surface area contributed by atoms with E-state index in [4.69, 9.17) is 0 Å². The number of aliphatic carboxylic acids is 1. The van der Waals surface area contributed by atoms with Crippen molar-refractivity contribution in [2.45, 2.75) is 39.0 Å². The largest absolute Gasteiger partial charge is 0.480 e. The van der Waals surface area contributed by atoms with Crippen LogP contribution in [0.4, 0.5) is 0 Å². The highest BCUT2D eigenvalue weighted by Gasteiger charge is 2.59. The van der Waals surface area contributed by atoms with Gasteiger partial charge in [0.25, 0.3) is 0 Å². The minimum absolute atomic E-state index is 0.172. The number of benzene rings is 2. The first kappa shape index (κ1) is 17.4. The van der Waals surface area contributed by atoms with Gasteiger partial charge in [-0.25, -0.2) is 0 Å². The summed E-state index contributed by atoms with van der Waals surface area (Å²) < 4.78 is 0. The van der Waals surface area contributed by atoms with E-state index < -0.39 is 16.8 Å². The Hall–Kier alpha value is -2.42. The van der Waals surface area contributed by atoms with Crippen molar-refractivity contribution >= 4 is 11.8 Å². The highest BCUT2D eigenvalue weighted by atomic mass is 16.4. The van der Waals surface area contributed by atoms with Crippen LogP contribution < -0.4 is 0 Å². The van der Waals surface area contributed by atoms with Gasteiger partial charge in [0.15, 0.2) is 5.78 Å². The number of carbonyl (C=O) groups excluding carboxylic acids is 1. The average Bonchev–Trinajstić information content (AvgIpc) is 2.60. The summed E-state index contributed by atoms with van der Waals surface area (Å²) in [5, 5.41) is 9.92. The van der Waals surface area contributed by atoms with Crippen LogP contribution in [0.15, 0.2) is 54.6 Å². The van der Waals surface area contributed by atoms with Crippen LogP contribution in [0.2, 0.25) is 0 Å². The lowest BCUT2D eigenvalue weighted by Crippen LogP contribution is -2.56. The number of carbonyl (C=O) groups is 2. The summed E-state index contributed by atoms with van der Waals surface area (Å²) in [7, 11) is 0. The predicted molar refractivity (Wildman–Crippen MR) is 98.4 cm³/mol. The number of hydrogen-bond donors (Lipinski definition) is 1. The molecule has 0 bridgehead atoms. The normalized spacial score (nSPS) is 29.4. The second kappa shape index (κ2) is 6.14. The first-order chi connectivity index (χ1) is 11.8. The minimum Gasteiger partial charge on any atom is -0.480 e. The van der Waals surface area contributed by atoms with Gasteiger partial charge in [-0.3, -0.25) is 9.59 Å². The molecule has 1 aliphatic rings. The van der Waals surface area contributed by atoms with E-state index in [0.29, 0.717) is 12.8 Å². The molecule has 3 nitrogen and oxygen atoms in total. The van der Waals surface area contributed by atoms with Gasteiger partial charge < -0.3 is 5.11 Å². The van der Waals surface area contributed by atoms with Crippen molar-refractivity contribution in [1.29, 1.82) is 0 Å². The summed E-state index contributed by atoms with van der Waals surface area (Å²) in [5.74, 6) is -1.03. The molecular weight excluding hydrogens is 312 g/mol. The molecule has 1 fully saturated rings. The second-order valence-corrected chi connectivity index (χ2v) is 7.65. The number of rotatable bonds is 3. The Balaban J connectivity index is 2.15. The third-order valence-corrected chi connectivity index (χ3v) is 5.99. The molecule has 2 aromatic rings. The molecule has 1 aliphatic carbocycles. The SMILES string of the molecule is CC1CC(=O)C(C)(C(=O)O)C(C)(c2cccc(-c3ccccc3)c2)C1.